The van der Waals surface area contributed by atoms with Gasteiger partial charge in [-0.2, -0.15) is 36.4 Å². The van der Waals surface area contributed by atoms with Crippen molar-refractivity contribution in [1.82, 2.24) is 60.8 Å². The molecule has 0 spiro atoms. The molecule has 12 aliphatic rings. The van der Waals surface area contributed by atoms with Crippen LogP contribution >= 0.6 is 0 Å². The largest absolute Gasteiger partial charge is 2.00 e. The van der Waals surface area contributed by atoms with Crippen molar-refractivity contribution in [3.05, 3.63) is 109 Å². The van der Waals surface area contributed by atoms with Gasteiger partial charge in [-0.3, -0.25) is 62.1 Å². The molecule has 0 radical (unpaired) electrons. The molecule has 3 saturated heterocycles. The van der Waals surface area contributed by atoms with Crippen molar-refractivity contribution in [3.63, 3.8) is 0 Å². The monoisotopic (exact) mass is 2040 g/mol. The normalized spacial score (nSPS) is 29.9. The van der Waals surface area contributed by atoms with Crippen molar-refractivity contribution in [2.24, 2.45) is 17.8 Å². The first-order valence-corrected chi connectivity index (χ1v) is 49.6. The predicted octanol–water partition coefficient (Wildman–Crippen LogP) is -3.61. The van der Waals surface area contributed by atoms with Crippen molar-refractivity contribution in [3.8, 4) is 0 Å². The fraction of sp³-hybridized carbons (Fsp3) is 0.656. The molecule has 2 aromatic carbocycles. The number of benzene rings is 2. The van der Waals surface area contributed by atoms with Gasteiger partial charge >= 0.3 is 60.2 Å². The van der Waals surface area contributed by atoms with Gasteiger partial charge in [-0.05, 0) is 183 Å². The molecule has 133 heavy (non-hydrogen) atoms. The molecule has 6 aliphatic carbocycles. The maximum absolute atomic E-state index is 14.2. The first-order chi connectivity index (χ1) is 60.6. The Kier molecular flexibility index (Phi) is 39.5. The quantitative estimate of drug-likeness (QED) is 0.0399. The van der Waals surface area contributed by atoms with Gasteiger partial charge < -0.3 is 105 Å². The van der Waals surface area contributed by atoms with Crippen molar-refractivity contribution in [2.75, 3.05) is 19.6 Å². The minimum absolute atomic E-state index is 0. The molecule has 14 rings (SSSR count). The number of hydrogen-bond donors (Lipinski definition) is 11. The van der Waals surface area contributed by atoms with Crippen LogP contribution in [-0.2, 0) is 97.8 Å². The minimum Gasteiger partial charge on any atom is -1.00 e. The molecule has 0 unspecified atom stereocenters. The molecule has 6 aliphatic heterocycles. The molecule has 9 fully saturated rings. The topological polar surface area (TPSA) is 510 Å². The number of nitrogens with one attached hydrogen (secondary N) is 9. The number of fused-ring (bicyclic) bond motifs is 6. The number of aliphatic hydroxyl groups is 2. The zero-order valence-corrected chi connectivity index (χ0v) is 84.4. The Hall–Kier alpha value is -7.54. The Morgan fingerprint density at radius 3 is 1.13 bits per heavy atom. The summed E-state index contributed by atoms with van der Waals surface area (Å²) in [5, 5.41) is 36.5. The van der Waals surface area contributed by atoms with Crippen LogP contribution in [-0.4, -0.2) is 262 Å². The summed E-state index contributed by atoms with van der Waals surface area (Å²) < 4.78 is 97.8. The van der Waals surface area contributed by atoms with E-state index in [9.17, 15) is 97.8 Å². The molecule has 14 atom stereocenters. The fourth-order valence-corrected chi connectivity index (χ4v) is 21.0. The Labute approximate surface area is 828 Å². The second-order valence-corrected chi connectivity index (χ2v) is 44.8. The van der Waals surface area contributed by atoms with Crippen molar-refractivity contribution < 1.29 is 165 Å². The number of rotatable bonds is 13. The molecular weight excluding hydrogens is 1920 g/mol. The van der Waals surface area contributed by atoms with Crippen LogP contribution in [0.1, 0.15) is 241 Å². The average molecular weight is 2050 g/mol. The number of aliphatic hydroxyl groups excluding tert-OH is 1. The summed E-state index contributed by atoms with van der Waals surface area (Å²) in [4.78, 5) is 176. The third kappa shape index (κ3) is 31.0. The SMILES string of the molecule is CC(C)(C)OC(=O)N[C@H]1CCCCC/C=C\[C@@H]2C[C@@]2(C(=O)NS(=O)(=O)C2CC2)NC(=O)[C@@H]2CC(=O)CN2C1=O.CC(C)(C)OC(=O)N[C@H]1CCCCC/C=C\[C@@H]2C[C@@]2(C(=O)NS(=O)(=O)C2CC2)NC(=O)[C@@H]2C[C@@H](O)CN2C1=O.CC(C)(C)OC(=O)N[C@H]1CCCCC/C=C\[C@@H]2C[C@@]2(C(=O)NS(=O)(=O)C2CC2)NC(=O)[C@@H]2C[C@@](O)(c3ccccc3)CN2C1=O.[Br-].[Br-].[Li+].[Mg+2].[c-]1ccccc1. The van der Waals surface area contributed by atoms with Gasteiger partial charge in [-0.15, -0.1) is 0 Å². The van der Waals surface area contributed by atoms with Crippen LogP contribution < -0.4 is 98.9 Å². The second kappa shape index (κ2) is 46.7. The number of carbonyl (C=O) groups is 13. The van der Waals surface area contributed by atoms with E-state index in [1.807, 2.05) is 66.8 Å². The number of Topliss-reactive ketones (excluding diaryl/α,β-unsaturated/α-hetero) is 1. The smallest absolute Gasteiger partial charge is 1.00 e. The van der Waals surface area contributed by atoms with Gasteiger partial charge in [0.15, 0.2) is 5.78 Å². The van der Waals surface area contributed by atoms with Gasteiger partial charge in [0.2, 0.25) is 65.5 Å². The number of amides is 12. The van der Waals surface area contributed by atoms with E-state index in [2.05, 4.69) is 52.1 Å². The summed E-state index contributed by atoms with van der Waals surface area (Å²) >= 11 is 0. The van der Waals surface area contributed by atoms with Crippen LogP contribution in [0.4, 0.5) is 14.4 Å². The van der Waals surface area contributed by atoms with Crippen LogP contribution in [0.5, 0.6) is 0 Å². The van der Waals surface area contributed by atoms with Gasteiger partial charge in [0.25, 0.3) is 17.7 Å². The van der Waals surface area contributed by atoms with Crippen LogP contribution in [0, 0.1) is 23.8 Å². The Bertz CT molecular complexity index is 4950. The van der Waals surface area contributed by atoms with E-state index in [0.29, 0.717) is 102 Å². The molecule has 0 aromatic heterocycles. The van der Waals surface area contributed by atoms with Crippen molar-refractivity contribution in [2.45, 2.75) is 333 Å². The molecule has 0 bridgehead atoms. The number of alkyl carbamates (subject to hydrolysis) is 3. The Balaban J connectivity index is 0.000000260. The maximum atomic E-state index is 14.2. The first-order valence-electron chi connectivity index (χ1n) is 45.0. The van der Waals surface area contributed by atoms with Gasteiger partial charge in [0, 0.05) is 43.6 Å². The van der Waals surface area contributed by atoms with Gasteiger partial charge in [-0.1, -0.05) is 105 Å². The molecule has 11 N–H and O–H groups in total. The van der Waals surface area contributed by atoms with E-state index < -0.39 is 216 Å². The summed E-state index contributed by atoms with van der Waals surface area (Å²) in [5.74, 6) is -7.67. The molecule has 36 nitrogen and oxygen atoms in total. The zero-order chi connectivity index (χ0) is 94.0. The minimum atomic E-state index is -3.87. The standard InChI is InChI=1S/C32H44N4O8S.C26H40N4O8S.C26H38N4O8S.C6H5.2BrH.Li.Mg/c1-30(2,3)44-29(40)33-24-15-11-6-4-5-8-14-22-18-32(22,28(39)35-45(42,43)23-16-17-23)34-26(37)25-19-31(41,20-36(25)27(24)38)21-12-9-7-10-13-21;2*1-25(2,3)38-24(35)27-19-10-8-6-4-5-7-9-16-14-26(16,23(34)29-39(36,37)18-11-12-18)28-21(32)20-13-17(31)15-30(20)22(19)33;1-2-4-6-5-3-1;;;;/h7-10,12-14,22-25,41H,4-6,11,15-20H2,1-3H3,(H,33,40)(H,34,37)(H,35,39);7,9,16-20,31H,4-6,8,10-15H2,1-3H3,(H,27,35)(H,28,32)(H,29,34);7,9,16,18-20H,4-6,8,10-15H2,1-3H3,(H,27,35)(H,28,32)(H,29,34);1-5H;2*1H;;/q;;;-1;;;+1;+2/p-2/b14-8-;2*9-7-;;;;;/t22-,24+,25+,31+,32-;16-,17-,19+,20+,26-;16-,19+,20+,26-;;;;;/m111...../s1. The van der Waals surface area contributed by atoms with Crippen molar-refractivity contribution >= 4 is 130 Å². The Morgan fingerprint density at radius 2 is 0.789 bits per heavy atom. The molecular formula is C90H127Br2LiMgN12O24S3. The van der Waals surface area contributed by atoms with E-state index in [1.54, 1.807) is 92.6 Å². The van der Waals surface area contributed by atoms with Crippen molar-refractivity contribution in [1.29, 1.82) is 0 Å². The Morgan fingerprint density at radius 1 is 0.451 bits per heavy atom. The third-order valence-corrected chi connectivity index (χ3v) is 30.0. The summed E-state index contributed by atoms with van der Waals surface area (Å²) in [6.07, 6.45) is 20.7. The number of allylic oxidation sites excluding steroid dienone is 3. The number of ketones is 1. The number of ether oxygens (including phenoxy) is 3. The van der Waals surface area contributed by atoms with Gasteiger partial charge in [0.05, 0.1) is 34.9 Å². The van der Waals surface area contributed by atoms with Crippen LogP contribution in [0.3, 0.4) is 0 Å². The molecule has 6 heterocycles. The average Bonchev–Trinajstić information content (AvgIpc) is 1.58. The van der Waals surface area contributed by atoms with Crippen LogP contribution in [0.2, 0.25) is 0 Å². The van der Waals surface area contributed by atoms with E-state index in [0.717, 1.165) is 43.4 Å². The number of halogens is 2. The summed E-state index contributed by atoms with van der Waals surface area (Å²) in [7, 11) is -11.5. The molecule has 726 valence electrons. The molecule has 6 saturated carbocycles. The first kappa shape index (κ1) is 112. The maximum Gasteiger partial charge on any atom is 2.00 e. The van der Waals surface area contributed by atoms with Gasteiger partial charge in [-0.25, -0.2) is 39.6 Å². The number of hydrogen-bond acceptors (Lipinski definition) is 24. The number of nitrogens with zero attached hydrogens (tertiary/aromatic N) is 3. The number of sulfonamides is 3. The van der Waals surface area contributed by atoms with E-state index >= 15 is 0 Å². The van der Waals surface area contributed by atoms with Crippen LogP contribution in [0.25, 0.3) is 0 Å². The number of carbonyl (C=O) groups excluding carboxylic acids is 13. The molecule has 12 amide bonds. The van der Waals surface area contributed by atoms with E-state index in [-0.39, 0.29) is 140 Å². The zero-order valence-electron chi connectivity index (χ0n) is 77.4. The van der Waals surface area contributed by atoms with E-state index in [4.69, 9.17) is 14.2 Å². The summed E-state index contributed by atoms with van der Waals surface area (Å²) in [5.41, 5.74) is -7.87. The fourth-order valence-electron chi connectivity index (χ4n) is 16.9. The summed E-state index contributed by atoms with van der Waals surface area (Å²) in [6, 6.07) is 14.7. The molecule has 2 aromatic rings. The summed E-state index contributed by atoms with van der Waals surface area (Å²) in [6.45, 7) is 14.7. The van der Waals surface area contributed by atoms with Crippen LogP contribution in [0.15, 0.2) is 97.1 Å². The van der Waals surface area contributed by atoms with Gasteiger partial charge in [0.1, 0.15) is 75.3 Å². The predicted molar refractivity (Wildman–Crippen MR) is 476 cm³/mol. The van der Waals surface area contributed by atoms with E-state index in [1.165, 1.54) is 9.80 Å². The third-order valence-electron chi connectivity index (χ3n) is 24.5. The second-order valence-electron chi connectivity index (χ2n) is 38.9. The molecule has 43 heteroatoms.